The van der Waals surface area contributed by atoms with E-state index in [1.54, 1.807) is 56.7 Å². The van der Waals surface area contributed by atoms with Crippen LogP contribution in [0.25, 0.3) is 6.08 Å². The van der Waals surface area contributed by atoms with Crippen LogP contribution in [0, 0.1) is 0 Å². The molecule has 0 saturated carbocycles. The molecule has 4 nitrogen and oxygen atoms in total. The lowest BCUT2D eigenvalue weighted by Gasteiger charge is -2.07. The van der Waals surface area contributed by atoms with Gasteiger partial charge in [0.15, 0.2) is 5.78 Å². The number of aromatic hydroxyl groups is 1. The molecule has 1 N–H and O–H groups in total. The van der Waals surface area contributed by atoms with E-state index in [1.165, 1.54) is 12.1 Å². The van der Waals surface area contributed by atoms with Crippen molar-refractivity contribution in [2.45, 2.75) is 0 Å². The molecule has 0 unspecified atom stereocenters. The third-order valence-corrected chi connectivity index (χ3v) is 3.02. The van der Waals surface area contributed by atoms with Crippen LogP contribution in [0.3, 0.4) is 0 Å². The van der Waals surface area contributed by atoms with Gasteiger partial charge in [0.1, 0.15) is 17.2 Å². The molecule has 108 valence electrons. The zero-order valence-corrected chi connectivity index (χ0v) is 11.9. The number of benzene rings is 2. The summed E-state index contributed by atoms with van der Waals surface area (Å²) in [5.41, 5.74) is 1.02. The predicted molar refractivity (Wildman–Crippen MR) is 81.0 cm³/mol. The first-order chi connectivity index (χ1) is 10.2. The third-order valence-electron chi connectivity index (χ3n) is 3.02. The SMILES string of the molecule is COc1ccc(/C=C\C(=O)c2ccccc2O)c(OC)c1. The molecule has 0 radical (unpaired) electrons. The molecule has 2 aromatic rings. The number of hydrogen-bond acceptors (Lipinski definition) is 4. The molecule has 0 fully saturated rings. The third kappa shape index (κ3) is 3.42. The average Bonchev–Trinajstić information content (AvgIpc) is 2.52. The van der Waals surface area contributed by atoms with Crippen LogP contribution in [0.5, 0.6) is 17.2 Å². The van der Waals surface area contributed by atoms with Gasteiger partial charge < -0.3 is 14.6 Å². The topological polar surface area (TPSA) is 55.8 Å². The summed E-state index contributed by atoms with van der Waals surface area (Å²) in [5.74, 6) is 0.978. The number of hydrogen-bond donors (Lipinski definition) is 1. The fourth-order valence-corrected chi connectivity index (χ4v) is 1.89. The molecule has 21 heavy (non-hydrogen) atoms. The first-order valence-corrected chi connectivity index (χ1v) is 6.38. The van der Waals surface area contributed by atoms with Gasteiger partial charge in [0.25, 0.3) is 0 Å². The van der Waals surface area contributed by atoms with Crippen LogP contribution in [-0.4, -0.2) is 25.1 Å². The van der Waals surface area contributed by atoms with Crippen molar-refractivity contribution in [3.05, 3.63) is 59.7 Å². The van der Waals surface area contributed by atoms with Crippen molar-refractivity contribution in [3.63, 3.8) is 0 Å². The van der Waals surface area contributed by atoms with E-state index in [9.17, 15) is 9.90 Å². The summed E-state index contributed by atoms with van der Waals surface area (Å²) in [7, 11) is 3.13. The van der Waals surface area contributed by atoms with Crippen LogP contribution in [-0.2, 0) is 0 Å². The summed E-state index contributed by atoms with van der Waals surface area (Å²) in [4.78, 5) is 12.0. The van der Waals surface area contributed by atoms with Gasteiger partial charge in [-0.15, -0.1) is 0 Å². The van der Waals surface area contributed by atoms with Crippen LogP contribution >= 0.6 is 0 Å². The average molecular weight is 284 g/mol. The number of para-hydroxylation sites is 1. The number of phenolic OH excluding ortho intramolecular Hbond substituents is 1. The molecule has 0 atom stereocenters. The molecule has 0 aliphatic heterocycles. The summed E-state index contributed by atoms with van der Waals surface area (Å²) < 4.78 is 10.4. The monoisotopic (exact) mass is 284 g/mol. The highest BCUT2D eigenvalue weighted by Crippen LogP contribution is 2.26. The van der Waals surface area contributed by atoms with Gasteiger partial charge in [0, 0.05) is 11.6 Å². The van der Waals surface area contributed by atoms with E-state index in [-0.39, 0.29) is 17.1 Å². The fourth-order valence-electron chi connectivity index (χ4n) is 1.89. The lowest BCUT2D eigenvalue weighted by molar-refractivity contribution is 0.104. The second-order valence-corrected chi connectivity index (χ2v) is 4.32. The smallest absolute Gasteiger partial charge is 0.189 e. The van der Waals surface area contributed by atoms with Crippen molar-refractivity contribution in [1.82, 2.24) is 0 Å². The van der Waals surface area contributed by atoms with Gasteiger partial charge in [0.05, 0.1) is 19.8 Å². The lowest BCUT2D eigenvalue weighted by Crippen LogP contribution is -1.95. The number of carbonyl (C=O) groups excluding carboxylic acids is 1. The van der Waals surface area contributed by atoms with E-state index in [2.05, 4.69) is 0 Å². The highest BCUT2D eigenvalue weighted by Gasteiger charge is 2.07. The first-order valence-electron chi connectivity index (χ1n) is 6.38. The van der Waals surface area contributed by atoms with E-state index in [0.29, 0.717) is 11.5 Å². The van der Waals surface area contributed by atoms with Gasteiger partial charge in [-0.3, -0.25) is 4.79 Å². The van der Waals surface area contributed by atoms with E-state index >= 15 is 0 Å². The summed E-state index contributed by atoms with van der Waals surface area (Å²) in [5, 5.41) is 9.65. The normalized spacial score (nSPS) is 10.6. The van der Waals surface area contributed by atoms with E-state index in [1.807, 2.05) is 0 Å². The molecular formula is C17H16O4. The lowest BCUT2D eigenvalue weighted by atomic mass is 10.1. The Morgan fingerprint density at radius 3 is 2.52 bits per heavy atom. The Balaban J connectivity index is 2.25. The van der Waals surface area contributed by atoms with Gasteiger partial charge in [-0.05, 0) is 36.4 Å². The van der Waals surface area contributed by atoms with Crippen molar-refractivity contribution in [2.75, 3.05) is 14.2 Å². The number of allylic oxidation sites excluding steroid dienone is 1. The molecule has 0 bridgehead atoms. The summed E-state index contributed by atoms with van der Waals surface area (Å²) in [6, 6.07) is 11.8. The van der Waals surface area contributed by atoms with Crippen LogP contribution in [0.2, 0.25) is 0 Å². The van der Waals surface area contributed by atoms with Crippen molar-refractivity contribution >= 4 is 11.9 Å². The first kappa shape index (κ1) is 14.7. The zero-order valence-electron chi connectivity index (χ0n) is 11.9. The van der Waals surface area contributed by atoms with Crippen LogP contribution < -0.4 is 9.47 Å². The predicted octanol–water partition coefficient (Wildman–Crippen LogP) is 3.31. The maximum atomic E-state index is 12.0. The zero-order chi connectivity index (χ0) is 15.2. The molecule has 0 aliphatic carbocycles. The van der Waals surface area contributed by atoms with Crippen LogP contribution in [0.15, 0.2) is 48.5 Å². The number of rotatable bonds is 5. The molecule has 0 aromatic heterocycles. The van der Waals surface area contributed by atoms with Crippen LogP contribution in [0.1, 0.15) is 15.9 Å². The van der Waals surface area contributed by atoms with Gasteiger partial charge in [-0.1, -0.05) is 12.1 Å². The molecule has 0 heterocycles. The minimum atomic E-state index is -0.272. The summed E-state index contributed by atoms with van der Waals surface area (Å²) in [6.45, 7) is 0. The van der Waals surface area contributed by atoms with Gasteiger partial charge in [-0.2, -0.15) is 0 Å². The van der Waals surface area contributed by atoms with Gasteiger partial charge >= 0.3 is 0 Å². The van der Waals surface area contributed by atoms with E-state index < -0.39 is 0 Å². The molecular weight excluding hydrogens is 268 g/mol. The number of methoxy groups -OCH3 is 2. The Bertz CT molecular complexity index is 674. The summed E-state index contributed by atoms with van der Waals surface area (Å²) in [6.07, 6.45) is 3.05. The van der Waals surface area contributed by atoms with E-state index in [4.69, 9.17) is 9.47 Å². The number of ether oxygens (including phenoxy) is 2. The molecule has 0 amide bonds. The highest BCUT2D eigenvalue weighted by molar-refractivity contribution is 6.08. The maximum Gasteiger partial charge on any atom is 0.189 e. The second-order valence-electron chi connectivity index (χ2n) is 4.32. The maximum absolute atomic E-state index is 12.0. The molecule has 0 aliphatic rings. The van der Waals surface area contributed by atoms with Crippen molar-refractivity contribution in [2.24, 2.45) is 0 Å². The molecule has 4 heteroatoms. The fraction of sp³-hybridized carbons (Fsp3) is 0.118. The van der Waals surface area contributed by atoms with Crippen molar-refractivity contribution < 1.29 is 19.4 Å². The molecule has 2 rings (SSSR count). The second kappa shape index (κ2) is 6.61. The van der Waals surface area contributed by atoms with Crippen molar-refractivity contribution in [1.29, 1.82) is 0 Å². The molecule has 0 saturated heterocycles. The number of phenols is 1. The van der Waals surface area contributed by atoms with Gasteiger partial charge in [0.2, 0.25) is 0 Å². The Morgan fingerprint density at radius 1 is 1.10 bits per heavy atom. The minimum absolute atomic E-state index is 0.0335. The summed E-state index contributed by atoms with van der Waals surface area (Å²) >= 11 is 0. The van der Waals surface area contributed by atoms with E-state index in [0.717, 1.165) is 5.56 Å². The Kier molecular flexibility index (Phi) is 4.61. The van der Waals surface area contributed by atoms with Gasteiger partial charge in [-0.25, -0.2) is 0 Å². The standard InChI is InChI=1S/C17H16O4/c1-20-13-9-7-12(17(11-13)21-2)8-10-16(19)14-5-3-4-6-15(14)18/h3-11,18H,1-2H3/b10-8-. The molecule has 0 spiro atoms. The van der Waals surface area contributed by atoms with Crippen LogP contribution in [0.4, 0.5) is 0 Å². The Hall–Kier alpha value is -2.75. The van der Waals surface area contributed by atoms with Crippen molar-refractivity contribution in [3.8, 4) is 17.2 Å². The number of ketones is 1. The Morgan fingerprint density at radius 2 is 1.86 bits per heavy atom. The number of carbonyl (C=O) groups is 1. The quantitative estimate of drug-likeness (QED) is 0.676. The molecule has 2 aromatic carbocycles. The minimum Gasteiger partial charge on any atom is -0.507 e. The Labute approximate surface area is 123 Å². The largest absolute Gasteiger partial charge is 0.507 e. The highest BCUT2D eigenvalue weighted by atomic mass is 16.5.